The van der Waals surface area contributed by atoms with Crippen molar-refractivity contribution in [1.29, 1.82) is 0 Å². The van der Waals surface area contributed by atoms with Crippen LogP contribution < -0.4 is 20.1 Å². The Bertz CT molecular complexity index is 1620. The number of halogens is 1. The number of aliphatic hydroxyl groups excluding tert-OH is 1. The summed E-state index contributed by atoms with van der Waals surface area (Å²) < 4.78 is 46.8. The van der Waals surface area contributed by atoms with Crippen LogP contribution in [0.25, 0.3) is 11.1 Å². The van der Waals surface area contributed by atoms with Crippen molar-refractivity contribution >= 4 is 21.7 Å². The van der Waals surface area contributed by atoms with Gasteiger partial charge in [0.15, 0.2) is 0 Å². The third-order valence-electron chi connectivity index (χ3n) is 6.68. The molecule has 41 heavy (non-hydrogen) atoms. The molecule has 1 aliphatic rings. The molecule has 0 spiro atoms. The summed E-state index contributed by atoms with van der Waals surface area (Å²) in [5.74, 6) is 0.243. The van der Waals surface area contributed by atoms with E-state index in [1.807, 2.05) is 29.0 Å². The summed E-state index contributed by atoms with van der Waals surface area (Å²) >= 11 is 0. The minimum atomic E-state index is -4.14. The second kappa shape index (κ2) is 12.5. The Hall–Kier alpha value is -4.32. The van der Waals surface area contributed by atoms with E-state index in [9.17, 15) is 22.7 Å². The molecule has 0 fully saturated rings. The zero-order valence-corrected chi connectivity index (χ0v) is 22.8. The van der Waals surface area contributed by atoms with Crippen molar-refractivity contribution in [1.82, 2.24) is 15.0 Å². The number of anilines is 1. The van der Waals surface area contributed by atoms with Gasteiger partial charge in [0.25, 0.3) is 10.0 Å². The highest BCUT2D eigenvalue weighted by atomic mass is 32.2. The Balaban J connectivity index is 1.16. The van der Waals surface area contributed by atoms with Gasteiger partial charge in [-0.15, -0.1) is 0 Å². The normalized spacial score (nSPS) is 15.3. The van der Waals surface area contributed by atoms with Crippen molar-refractivity contribution < 1.29 is 27.4 Å². The van der Waals surface area contributed by atoms with Crippen LogP contribution in [-0.2, 0) is 16.4 Å². The lowest BCUT2D eigenvalue weighted by Crippen LogP contribution is -2.36. The van der Waals surface area contributed by atoms with Crippen molar-refractivity contribution in [2.24, 2.45) is 0 Å². The predicted octanol–water partition coefficient (Wildman–Crippen LogP) is 4.41. The first kappa shape index (κ1) is 28.2. The van der Waals surface area contributed by atoms with Crippen molar-refractivity contribution in [3.05, 3.63) is 108 Å². The van der Waals surface area contributed by atoms with Gasteiger partial charge in [0, 0.05) is 36.7 Å². The van der Waals surface area contributed by atoms with Gasteiger partial charge in [-0.3, -0.25) is 4.98 Å². The fourth-order valence-corrected chi connectivity index (χ4v) is 5.48. The molecule has 1 aromatic heterocycles. The number of carbonyl (C=O) groups is 1. The van der Waals surface area contributed by atoms with E-state index in [1.54, 1.807) is 30.6 Å². The summed E-state index contributed by atoms with van der Waals surface area (Å²) in [6, 6.07) is 19.8. The average molecular weight is 577 g/mol. The molecule has 0 unspecified atom stereocenters. The number of nitrogens with one attached hydrogen (secondary N) is 3. The van der Waals surface area contributed by atoms with Crippen LogP contribution in [-0.4, -0.2) is 43.7 Å². The largest absolute Gasteiger partial charge is 0.489 e. The molecule has 2 amide bonds. The molecule has 11 heteroatoms. The number of pyridine rings is 1. The number of benzene rings is 3. The number of aromatic nitrogens is 1. The lowest BCUT2D eigenvalue weighted by Gasteiger charge is -2.27. The molecule has 0 saturated carbocycles. The summed E-state index contributed by atoms with van der Waals surface area (Å²) in [4.78, 5) is 16.1. The number of rotatable bonds is 9. The number of aryl methyl sites for hydroxylation is 1. The fourth-order valence-electron chi connectivity index (χ4n) is 4.57. The van der Waals surface area contributed by atoms with E-state index in [1.165, 1.54) is 30.3 Å². The van der Waals surface area contributed by atoms with E-state index in [0.717, 1.165) is 46.9 Å². The minimum Gasteiger partial charge on any atom is -0.489 e. The number of hydrogen-bond donors (Lipinski definition) is 4. The number of carbonyl (C=O) groups excluding carboxylic acids is 1. The zero-order chi connectivity index (χ0) is 28.8. The number of ether oxygens (including phenoxy) is 1. The van der Waals surface area contributed by atoms with Crippen LogP contribution in [0.4, 0.5) is 14.9 Å². The Kier molecular flexibility index (Phi) is 8.58. The molecule has 1 aliphatic heterocycles. The van der Waals surface area contributed by atoms with Crippen molar-refractivity contribution in [2.45, 2.75) is 29.9 Å². The van der Waals surface area contributed by atoms with Gasteiger partial charge < -0.3 is 20.5 Å². The molecule has 212 valence electrons. The molecule has 5 rings (SSSR count). The number of aliphatic hydroxyl groups is 1. The number of hydrogen-bond acceptors (Lipinski definition) is 7. The van der Waals surface area contributed by atoms with Crippen LogP contribution >= 0.6 is 0 Å². The number of nitrogens with zero attached hydrogens (tertiary/aromatic N) is 1. The van der Waals surface area contributed by atoms with Crippen LogP contribution in [0, 0.1) is 5.82 Å². The molecule has 0 aliphatic carbocycles. The smallest absolute Gasteiger partial charge is 0.333 e. The molecule has 4 N–H and O–H groups in total. The van der Waals surface area contributed by atoms with Crippen molar-refractivity contribution in [2.75, 3.05) is 18.4 Å². The lowest BCUT2D eigenvalue weighted by molar-refractivity contribution is 0.146. The SMILES string of the molecule is O=C(Nc1cccc(F)c1)NS(=O)(=O)c1ccc(-c2ccc3c(c2)CC[C@H](CNC[C@H](O)c2cccnc2)O3)cc1. The van der Waals surface area contributed by atoms with Crippen molar-refractivity contribution in [3.8, 4) is 16.9 Å². The molecule has 2 heterocycles. The van der Waals surface area contributed by atoms with Gasteiger partial charge in [-0.05, 0) is 78.1 Å². The quantitative estimate of drug-likeness (QED) is 0.232. The third kappa shape index (κ3) is 7.26. The van der Waals surface area contributed by atoms with E-state index in [2.05, 4.69) is 15.6 Å². The van der Waals surface area contributed by atoms with Crippen LogP contribution in [0.3, 0.4) is 0 Å². The first-order valence-electron chi connectivity index (χ1n) is 13.0. The van der Waals surface area contributed by atoms with E-state index in [0.29, 0.717) is 13.1 Å². The van der Waals surface area contributed by atoms with E-state index < -0.39 is 28.0 Å². The molecule has 0 radical (unpaired) electrons. The molecular weight excluding hydrogens is 547 g/mol. The van der Waals surface area contributed by atoms with E-state index >= 15 is 0 Å². The van der Waals surface area contributed by atoms with Gasteiger partial charge in [0.05, 0.1) is 11.0 Å². The highest BCUT2D eigenvalue weighted by Crippen LogP contribution is 2.32. The molecule has 2 atom stereocenters. The highest BCUT2D eigenvalue weighted by molar-refractivity contribution is 7.90. The van der Waals surface area contributed by atoms with Gasteiger partial charge in [0.1, 0.15) is 17.7 Å². The van der Waals surface area contributed by atoms with Crippen LogP contribution in [0.1, 0.15) is 23.7 Å². The maximum absolute atomic E-state index is 13.3. The monoisotopic (exact) mass is 576 g/mol. The van der Waals surface area contributed by atoms with Gasteiger partial charge in [-0.2, -0.15) is 0 Å². The average Bonchev–Trinajstić information content (AvgIpc) is 2.97. The maximum Gasteiger partial charge on any atom is 0.333 e. The van der Waals surface area contributed by atoms with Gasteiger partial charge in [-0.25, -0.2) is 22.3 Å². The number of fused-ring (bicyclic) bond motifs is 1. The van der Waals surface area contributed by atoms with Gasteiger partial charge in [-0.1, -0.05) is 30.3 Å². The number of amides is 2. The number of sulfonamides is 1. The van der Waals surface area contributed by atoms with Gasteiger partial charge >= 0.3 is 6.03 Å². The molecule has 9 nitrogen and oxygen atoms in total. The summed E-state index contributed by atoms with van der Waals surface area (Å²) in [5, 5.41) is 15.9. The standard InChI is InChI=1S/C30H29FN4O5S/c31-24-4-1-5-25(16-24)34-30(37)35-41(38,39)27-11-7-20(8-12-27)21-9-13-29-22(15-21)6-10-26(40-29)18-33-19-28(36)23-3-2-14-32-17-23/h1-5,7-9,11-17,26,28,33,36H,6,10,18-19H2,(H2,34,35,37)/t26-,28+/m1/s1. The highest BCUT2D eigenvalue weighted by Gasteiger charge is 2.21. The Morgan fingerprint density at radius 2 is 1.85 bits per heavy atom. The van der Waals surface area contributed by atoms with E-state index in [4.69, 9.17) is 4.74 Å². The predicted molar refractivity (Wildman–Crippen MR) is 152 cm³/mol. The molecular formula is C30H29FN4O5S. The van der Waals surface area contributed by atoms with Crippen LogP contribution in [0.15, 0.2) is 96.2 Å². The first-order valence-corrected chi connectivity index (χ1v) is 14.5. The van der Waals surface area contributed by atoms with Gasteiger partial charge in [0.2, 0.25) is 0 Å². The first-order chi connectivity index (χ1) is 19.8. The Labute approximate surface area is 237 Å². The minimum absolute atomic E-state index is 0.0236. The number of urea groups is 1. The molecule has 4 aromatic rings. The second-order valence-electron chi connectivity index (χ2n) is 9.66. The molecule has 0 bridgehead atoms. The summed E-state index contributed by atoms with van der Waals surface area (Å²) in [6.07, 6.45) is 4.28. The van der Waals surface area contributed by atoms with Crippen LogP contribution in [0.5, 0.6) is 5.75 Å². The Morgan fingerprint density at radius 3 is 2.61 bits per heavy atom. The lowest BCUT2D eigenvalue weighted by atomic mass is 9.97. The summed E-state index contributed by atoms with van der Waals surface area (Å²) in [7, 11) is -4.14. The zero-order valence-electron chi connectivity index (χ0n) is 22.0. The third-order valence-corrected chi connectivity index (χ3v) is 8.02. The molecule has 3 aromatic carbocycles. The fraction of sp³-hybridized carbons (Fsp3) is 0.200. The maximum atomic E-state index is 13.3. The van der Waals surface area contributed by atoms with Crippen molar-refractivity contribution in [3.63, 3.8) is 0 Å². The Morgan fingerprint density at radius 1 is 1.05 bits per heavy atom. The molecule has 0 saturated heterocycles. The second-order valence-corrected chi connectivity index (χ2v) is 11.3. The topological polar surface area (TPSA) is 130 Å². The summed E-state index contributed by atoms with van der Waals surface area (Å²) in [6.45, 7) is 0.999. The van der Waals surface area contributed by atoms with E-state index in [-0.39, 0.29) is 16.7 Å². The van der Waals surface area contributed by atoms with Crippen LogP contribution in [0.2, 0.25) is 0 Å². The summed E-state index contributed by atoms with van der Waals surface area (Å²) in [5.41, 5.74) is 3.66.